The Labute approximate surface area is 93.7 Å². The van der Waals surface area contributed by atoms with Crippen molar-refractivity contribution in [3.05, 3.63) is 35.4 Å². The first-order valence-electron chi connectivity index (χ1n) is 5.91. The third-order valence-corrected chi connectivity index (χ3v) is 3.25. The van der Waals surface area contributed by atoms with Crippen LogP contribution in [0.2, 0.25) is 0 Å². The Kier molecular flexibility index (Phi) is 4.34. The Morgan fingerprint density at radius 3 is 1.87 bits per heavy atom. The van der Waals surface area contributed by atoms with Crippen LogP contribution in [0.25, 0.3) is 0 Å². The van der Waals surface area contributed by atoms with Gasteiger partial charge in [0.15, 0.2) is 0 Å². The normalized spacial score (nSPS) is 15.3. The predicted octanol–water partition coefficient (Wildman–Crippen LogP) is 3.86. The van der Waals surface area contributed by atoms with Crippen molar-refractivity contribution >= 4 is 0 Å². The zero-order chi connectivity index (χ0) is 11.4. The molecule has 84 valence electrons. The molecule has 0 heterocycles. The van der Waals surface area contributed by atoms with E-state index in [-0.39, 0.29) is 6.04 Å². The maximum atomic E-state index is 6.18. The number of benzene rings is 1. The van der Waals surface area contributed by atoms with Crippen LogP contribution >= 0.6 is 0 Å². The highest BCUT2D eigenvalue weighted by Gasteiger charge is 2.12. The summed E-state index contributed by atoms with van der Waals surface area (Å²) in [7, 11) is 0. The average Bonchev–Trinajstić information content (AvgIpc) is 2.27. The van der Waals surface area contributed by atoms with Gasteiger partial charge in [-0.05, 0) is 23.0 Å². The smallest absolute Gasteiger partial charge is 0.0320 e. The molecular weight excluding hydrogens is 182 g/mol. The molecule has 1 aromatic rings. The molecule has 15 heavy (non-hydrogen) atoms. The summed E-state index contributed by atoms with van der Waals surface area (Å²) in [5, 5.41) is 0. The van der Waals surface area contributed by atoms with Crippen molar-refractivity contribution in [2.75, 3.05) is 0 Å². The maximum absolute atomic E-state index is 6.18. The number of rotatable bonds is 4. The van der Waals surface area contributed by atoms with Crippen LogP contribution in [0.1, 0.15) is 57.2 Å². The zero-order valence-electron chi connectivity index (χ0n) is 10.3. The summed E-state index contributed by atoms with van der Waals surface area (Å²) in [4.78, 5) is 0. The molecule has 0 bridgehead atoms. The van der Waals surface area contributed by atoms with E-state index in [1.807, 2.05) is 0 Å². The van der Waals surface area contributed by atoms with Crippen LogP contribution in [0, 0.1) is 5.92 Å². The molecule has 0 saturated carbocycles. The molecule has 0 fully saturated rings. The number of hydrogen-bond acceptors (Lipinski definition) is 1. The van der Waals surface area contributed by atoms with Crippen LogP contribution in [0.4, 0.5) is 0 Å². The highest BCUT2D eigenvalue weighted by atomic mass is 14.6. The lowest BCUT2D eigenvalue weighted by Crippen LogP contribution is -2.18. The van der Waals surface area contributed by atoms with Gasteiger partial charge in [0.1, 0.15) is 0 Å². The Balaban J connectivity index is 2.79. The molecule has 2 atom stereocenters. The van der Waals surface area contributed by atoms with Gasteiger partial charge < -0.3 is 5.73 Å². The van der Waals surface area contributed by atoms with Crippen molar-refractivity contribution in [2.45, 2.75) is 46.1 Å². The summed E-state index contributed by atoms with van der Waals surface area (Å²) < 4.78 is 0. The molecule has 0 saturated heterocycles. The van der Waals surface area contributed by atoms with Gasteiger partial charge in [-0.2, -0.15) is 0 Å². The minimum atomic E-state index is 0.177. The summed E-state index contributed by atoms with van der Waals surface area (Å²) in [6, 6.07) is 8.92. The fourth-order valence-electron chi connectivity index (χ4n) is 1.69. The van der Waals surface area contributed by atoms with Crippen LogP contribution in [0.15, 0.2) is 24.3 Å². The highest BCUT2D eigenvalue weighted by molar-refractivity contribution is 5.26. The van der Waals surface area contributed by atoms with E-state index in [1.165, 1.54) is 11.1 Å². The molecule has 0 spiro atoms. The van der Waals surface area contributed by atoms with E-state index >= 15 is 0 Å². The Hall–Kier alpha value is -0.820. The standard InChI is InChI=1S/C14H23N/c1-5-11(4)14(15)13-8-6-12(7-9-13)10(2)3/h6-11,14H,5,15H2,1-4H3/t11?,14-/m0/s1. The quantitative estimate of drug-likeness (QED) is 0.793. The van der Waals surface area contributed by atoms with Gasteiger partial charge in [-0.1, -0.05) is 58.4 Å². The van der Waals surface area contributed by atoms with Crippen molar-refractivity contribution in [2.24, 2.45) is 11.7 Å². The largest absolute Gasteiger partial charge is 0.324 e. The van der Waals surface area contributed by atoms with Crippen molar-refractivity contribution < 1.29 is 0 Å². The van der Waals surface area contributed by atoms with Crippen molar-refractivity contribution in [1.29, 1.82) is 0 Å². The van der Waals surface area contributed by atoms with Crippen molar-refractivity contribution in [3.63, 3.8) is 0 Å². The number of hydrogen-bond donors (Lipinski definition) is 1. The van der Waals surface area contributed by atoms with Gasteiger partial charge in [0.25, 0.3) is 0 Å². The molecule has 1 rings (SSSR count). The molecule has 1 nitrogen and oxygen atoms in total. The Morgan fingerprint density at radius 1 is 1.00 bits per heavy atom. The fraction of sp³-hybridized carbons (Fsp3) is 0.571. The van der Waals surface area contributed by atoms with E-state index in [2.05, 4.69) is 52.0 Å². The minimum absolute atomic E-state index is 0.177. The van der Waals surface area contributed by atoms with E-state index in [1.54, 1.807) is 0 Å². The van der Waals surface area contributed by atoms with Crippen LogP contribution in [-0.2, 0) is 0 Å². The van der Waals surface area contributed by atoms with E-state index in [4.69, 9.17) is 5.73 Å². The van der Waals surface area contributed by atoms with Gasteiger partial charge in [-0.25, -0.2) is 0 Å². The minimum Gasteiger partial charge on any atom is -0.324 e. The van der Waals surface area contributed by atoms with E-state index in [9.17, 15) is 0 Å². The van der Waals surface area contributed by atoms with E-state index < -0.39 is 0 Å². The lowest BCUT2D eigenvalue weighted by molar-refractivity contribution is 0.457. The third kappa shape index (κ3) is 3.07. The van der Waals surface area contributed by atoms with Crippen LogP contribution < -0.4 is 5.73 Å². The van der Waals surface area contributed by atoms with Crippen molar-refractivity contribution in [1.82, 2.24) is 0 Å². The molecule has 0 aliphatic rings. The van der Waals surface area contributed by atoms with Gasteiger partial charge in [0, 0.05) is 6.04 Å². The summed E-state index contributed by atoms with van der Waals surface area (Å²) in [5.74, 6) is 1.15. The molecule has 1 unspecified atom stereocenters. The maximum Gasteiger partial charge on any atom is 0.0320 e. The monoisotopic (exact) mass is 205 g/mol. The van der Waals surface area contributed by atoms with Gasteiger partial charge in [-0.15, -0.1) is 0 Å². The lowest BCUT2D eigenvalue weighted by Gasteiger charge is -2.19. The molecule has 0 radical (unpaired) electrons. The summed E-state index contributed by atoms with van der Waals surface area (Å²) in [6.07, 6.45) is 1.13. The van der Waals surface area contributed by atoms with Gasteiger partial charge in [0.05, 0.1) is 0 Å². The van der Waals surface area contributed by atoms with Crippen LogP contribution in [0.3, 0.4) is 0 Å². The first-order chi connectivity index (χ1) is 7.06. The second-order valence-corrected chi connectivity index (χ2v) is 4.73. The van der Waals surface area contributed by atoms with E-state index in [0.717, 1.165) is 6.42 Å². The summed E-state index contributed by atoms with van der Waals surface area (Å²) >= 11 is 0. The fourth-order valence-corrected chi connectivity index (χ4v) is 1.69. The molecule has 1 heteroatoms. The molecule has 1 aromatic carbocycles. The summed E-state index contributed by atoms with van der Waals surface area (Å²) in [5.41, 5.74) is 8.82. The molecule has 0 aliphatic heterocycles. The highest BCUT2D eigenvalue weighted by Crippen LogP contribution is 2.23. The molecular formula is C14H23N. The second kappa shape index (κ2) is 5.32. The second-order valence-electron chi connectivity index (χ2n) is 4.73. The summed E-state index contributed by atoms with van der Waals surface area (Å²) in [6.45, 7) is 8.82. The average molecular weight is 205 g/mol. The molecule has 0 amide bonds. The molecule has 0 aromatic heterocycles. The third-order valence-electron chi connectivity index (χ3n) is 3.25. The molecule has 0 aliphatic carbocycles. The number of nitrogens with two attached hydrogens (primary N) is 1. The molecule has 2 N–H and O–H groups in total. The first kappa shape index (κ1) is 12.3. The van der Waals surface area contributed by atoms with Crippen molar-refractivity contribution in [3.8, 4) is 0 Å². The predicted molar refractivity (Wildman–Crippen MR) is 66.9 cm³/mol. The Morgan fingerprint density at radius 2 is 1.47 bits per heavy atom. The Bertz CT molecular complexity index is 287. The lowest BCUT2D eigenvalue weighted by atomic mass is 9.92. The van der Waals surface area contributed by atoms with E-state index in [0.29, 0.717) is 11.8 Å². The zero-order valence-corrected chi connectivity index (χ0v) is 10.3. The van der Waals surface area contributed by atoms with Gasteiger partial charge >= 0.3 is 0 Å². The van der Waals surface area contributed by atoms with Crippen LogP contribution in [0.5, 0.6) is 0 Å². The van der Waals surface area contributed by atoms with Crippen LogP contribution in [-0.4, -0.2) is 0 Å². The van der Waals surface area contributed by atoms with Gasteiger partial charge in [-0.3, -0.25) is 0 Å². The topological polar surface area (TPSA) is 26.0 Å². The first-order valence-corrected chi connectivity index (χ1v) is 5.91. The SMILES string of the molecule is CCC(C)[C@H](N)c1ccc(C(C)C)cc1. The van der Waals surface area contributed by atoms with Gasteiger partial charge in [0.2, 0.25) is 0 Å².